The molecule has 1 rings (SSSR count). The molecule has 0 unspecified atom stereocenters. The van der Waals surface area contributed by atoms with Crippen LogP contribution in [0.1, 0.15) is 6.92 Å². The number of nitrogens with one attached hydrogen (secondary N) is 1. The predicted molar refractivity (Wildman–Crippen MR) is 65.0 cm³/mol. The Balaban J connectivity index is 2.53. The lowest BCUT2D eigenvalue weighted by Crippen LogP contribution is -2.39. The number of rotatable bonds is 6. The number of hydrogen-bond acceptors (Lipinski definition) is 3. The quantitative estimate of drug-likeness (QED) is 0.763. The maximum Gasteiger partial charge on any atom is 0.322 e. The second-order valence-corrected chi connectivity index (χ2v) is 3.52. The summed E-state index contributed by atoms with van der Waals surface area (Å²) in [6.45, 7) is 2.45. The Morgan fingerprint density at radius 2 is 1.94 bits per heavy atom. The van der Waals surface area contributed by atoms with E-state index in [9.17, 15) is 9.59 Å². The van der Waals surface area contributed by atoms with Gasteiger partial charge >= 0.3 is 5.97 Å². The van der Waals surface area contributed by atoms with Crippen molar-refractivity contribution in [2.24, 2.45) is 0 Å². The van der Waals surface area contributed by atoms with E-state index in [-0.39, 0.29) is 19.0 Å². The molecule has 0 bridgehead atoms. The van der Waals surface area contributed by atoms with Crippen molar-refractivity contribution in [3.05, 3.63) is 30.3 Å². The highest BCUT2D eigenvalue weighted by Crippen LogP contribution is 2.11. The van der Waals surface area contributed by atoms with Gasteiger partial charge in [-0.3, -0.25) is 9.59 Å². The van der Waals surface area contributed by atoms with Crippen LogP contribution in [-0.2, 0) is 9.59 Å². The first-order chi connectivity index (χ1) is 8.13. The Hall–Kier alpha value is -2.04. The van der Waals surface area contributed by atoms with Gasteiger partial charge in [0.25, 0.3) is 0 Å². The number of amides is 1. The zero-order chi connectivity index (χ0) is 12.7. The molecule has 1 aromatic carbocycles. The molecular weight excluding hydrogens is 220 g/mol. The Kier molecular flexibility index (Phi) is 5.00. The maximum absolute atomic E-state index is 11.5. The van der Waals surface area contributed by atoms with Crippen molar-refractivity contribution in [1.29, 1.82) is 0 Å². The summed E-state index contributed by atoms with van der Waals surface area (Å²) in [5.74, 6) is -1.33. The van der Waals surface area contributed by atoms with Gasteiger partial charge < -0.3 is 15.3 Å². The smallest absolute Gasteiger partial charge is 0.322 e. The molecule has 0 fully saturated rings. The summed E-state index contributed by atoms with van der Waals surface area (Å²) in [7, 11) is 0. The number of likely N-dealkylation sites (N-methyl/N-ethyl adjacent to an activating group) is 1. The molecular formula is C12H16N2O3. The number of carbonyl (C=O) groups excluding carboxylic acids is 1. The average Bonchev–Trinajstić information content (AvgIpc) is 2.34. The van der Waals surface area contributed by atoms with E-state index in [0.29, 0.717) is 6.54 Å². The van der Waals surface area contributed by atoms with Gasteiger partial charge in [-0.1, -0.05) is 18.2 Å². The third-order valence-electron chi connectivity index (χ3n) is 2.27. The summed E-state index contributed by atoms with van der Waals surface area (Å²) in [6.07, 6.45) is 0. The van der Waals surface area contributed by atoms with Gasteiger partial charge in [-0.15, -0.1) is 0 Å². The lowest BCUT2D eigenvalue weighted by atomic mass is 10.3. The van der Waals surface area contributed by atoms with Crippen LogP contribution in [0.15, 0.2) is 30.3 Å². The van der Waals surface area contributed by atoms with Crippen LogP contribution < -0.4 is 10.2 Å². The Morgan fingerprint density at radius 1 is 1.29 bits per heavy atom. The topological polar surface area (TPSA) is 69.6 Å². The number of para-hydroxylation sites is 1. The SMILES string of the molecule is CCN(CC(=O)NCC(=O)O)c1ccccc1. The first-order valence-corrected chi connectivity index (χ1v) is 5.42. The number of anilines is 1. The molecule has 0 aliphatic rings. The molecule has 5 nitrogen and oxygen atoms in total. The van der Waals surface area contributed by atoms with E-state index < -0.39 is 5.97 Å². The molecule has 0 radical (unpaired) electrons. The number of hydrogen-bond donors (Lipinski definition) is 2. The van der Waals surface area contributed by atoms with E-state index in [4.69, 9.17) is 5.11 Å². The highest BCUT2D eigenvalue weighted by atomic mass is 16.4. The third kappa shape index (κ3) is 4.55. The summed E-state index contributed by atoms with van der Waals surface area (Å²) >= 11 is 0. The first-order valence-electron chi connectivity index (χ1n) is 5.42. The molecule has 5 heteroatoms. The fourth-order valence-corrected chi connectivity index (χ4v) is 1.43. The summed E-state index contributed by atoms with van der Waals surface area (Å²) in [4.78, 5) is 23.6. The van der Waals surface area contributed by atoms with Gasteiger partial charge in [0.1, 0.15) is 6.54 Å². The molecule has 0 saturated carbocycles. The minimum Gasteiger partial charge on any atom is -0.480 e. The van der Waals surface area contributed by atoms with Crippen molar-refractivity contribution < 1.29 is 14.7 Å². The number of carboxylic acids is 1. The molecule has 0 aliphatic heterocycles. The van der Waals surface area contributed by atoms with Crippen molar-refractivity contribution in [1.82, 2.24) is 5.32 Å². The molecule has 0 spiro atoms. The van der Waals surface area contributed by atoms with Gasteiger partial charge in [-0.05, 0) is 19.1 Å². The predicted octanol–water partition coefficient (Wildman–Crippen LogP) is 0.714. The molecule has 0 heterocycles. The molecule has 0 aliphatic carbocycles. The molecule has 1 aromatic rings. The number of benzene rings is 1. The maximum atomic E-state index is 11.5. The molecule has 0 aromatic heterocycles. The van der Waals surface area contributed by atoms with Crippen molar-refractivity contribution >= 4 is 17.6 Å². The molecule has 17 heavy (non-hydrogen) atoms. The minimum atomic E-state index is -1.04. The van der Waals surface area contributed by atoms with E-state index >= 15 is 0 Å². The second-order valence-electron chi connectivity index (χ2n) is 3.52. The van der Waals surface area contributed by atoms with Crippen molar-refractivity contribution in [2.45, 2.75) is 6.92 Å². The minimum absolute atomic E-state index is 0.161. The van der Waals surface area contributed by atoms with Crippen LogP contribution in [0.4, 0.5) is 5.69 Å². The normalized spacial score (nSPS) is 9.71. The van der Waals surface area contributed by atoms with Crippen molar-refractivity contribution in [3.63, 3.8) is 0 Å². The van der Waals surface area contributed by atoms with Crippen LogP contribution in [0.5, 0.6) is 0 Å². The molecule has 0 saturated heterocycles. The standard InChI is InChI=1S/C12H16N2O3/c1-2-14(10-6-4-3-5-7-10)9-11(15)13-8-12(16)17/h3-7H,2,8-9H2,1H3,(H,13,15)(H,16,17). The Bertz CT molecular complexity index is 379. The van der Waals surface area contributed by atoms with E-state index in [1.54, 1.807) is 0 Å². The first kappa shape index (κ1) is 13.0. The summed E-state index contributed by atoms with van der Waals surface area (Å²) in [5.41, 5.74) is 0.945. The van der Waals surface area contributed by atoms with Gasteiger partial charge in [0.15, 0.2) is 0 Å². The lowest BCUT2D eigenvalue weighted by molar-refractivity contribution is -0.137. The largest absolute Gasteiger partial charge is 0.480 e. The van der Waals surface area contributed by atoms with Crippen LogP contribution in [0.2, 0.25) is 0 Å². The van der Waals surface area contributed by atoms with Crippen molar-refractivity contribution in [3.8, 4) is 0 Å². The number of carbonyl (C=O) groups is 2. The van der Waals surface area contributed by atoms with E-state index in [1.165, 1.54) is 0 Å². The van der Waals surface area contributed by atoms with Gasteiger partial charge in [-0.2, -0.15) is 0 Å². The molecule has 1 amide bonds. The van der Waals surface area contributed by atoms with Crippen LogP contribution >= 0.6 is 0 Å². The zero-order valence-electron chi connectivity index (χ0n) is 9.72. The molecule has 0 atom stereocenters. The average molecular weight is 236 g/mol. The van der Waals surface area contributed by atoms with Crippen LogP contribution in [0, 0.1) is 0 Å². The van der Waals surface area contributed by atoms with Gasteiger partial charge in [-0.25, -0.2) is 0 Å². The summed E-state index contributed by atoms with van der Waals surface area (Å²) in [5, 5.41) is 10.8. The Morgan fingerprint density at radius 3 is 2.47 bits per heavy atom. The van der Waals surface area contributed by atoms with Crippen molar-refractivity contribution in [2.75, 3.05) is 24.5 Å². The van der Waals surface area contributed by atoms with Gasteiger partial charge in [0, 0.05) is 12.2 Å². The third-order valence-corrected chi connectivity index (χ3v) is 2.27. The van der Waals surface area contributed by atoms with Gasteiger partial charge in [0.2, 0.25) is 5.91 Å². The van der Waals surface area contributed by atoms with E-state index in [1.807, 2.05) is 42.2 Å². The number of nitrogens with zero attached hydrogens (tertiary/aromatic N) is 1. The van der Waals surface area contributed by atoms with Crippen LogP contribution in [0.25, 0.3) is 0 Å². The lowest BCUT2D eigenvalue weighted by Gasteiger charge is -2.22. The number of carboxylic acid groups (broad SMARTS) is 1. The fourth-order valence-electron chi connectivity index (χ4n) is 1.43. The number of aliphatic carboxylic acids is 1. The second kappa shape index (κ2) is 6.52. The highest BCUT2D eigenvalue weighted by Gasteiger charge is 2.10. The van der Waals surface area contributed by atoms with E-state index in [0.717, 1.165) is 5.69 Å². The van der Waals surface area contributed by atoms with Crippen LogP contribution in [0.3, 0.4) is 0 Å². The zero-order valence-corrected chi connectivity index (χ0v) is 9.72. The monoisotopic (exact) mass is 236 g/mol. The van der Waals surface area contributed by atoms with Crippen LogP contribution in [-0.4, -0.2) is 36.6 Å². The summed E-state index contributed by atoms with van der Waals surface area (Å²) in [6, 6.07) is 9.52. The fraction of sp³-hybridized carbons (Fsp3) is 0.333. The molecule has 2 N–H and O–H groups in total. The Labute approximate surface area is 100 Å². The van der Waals surface area contributed by atoms with E-state index in [2.05, 4.69) is 5.32 Å². The highest BCUT2D eigenvalue weighted by molar-refractivity contribution is 5.84. The van der Waals surface area contributed by atoms with Gasteiger partial charge in [0.05, 0.1) is 6.54 Å². The molecule has 92 valence electrons. The summed E-state index contributed by atoms with van der Waals surface area (Å²) < 4.78 is 0.